The molecule has 0 radical (unpaired) electrons. The third-order valence-corrected chi connectivity index (χ3v) is 15.4. The van der Waals surface area contributed by atoms with Crippen LogP contribution in [0.2, 0.25) is 0 Å². The summed E-state index contributed by atoms with van der Waals surface area (Å²) < 4.78 is 0. The number of anilines is 6. The van der Waals surface area contributed by atoms with Crippen LogP contribution in [-0.4, -0.2) is 0 Å². The molecule has 0 aromatic heterocycles. The summed E-state index contributed by atoms with van der Waals surface area (Å²) in [4.78, 5) is 5.09. The molecule has 0 aliphatic heterocycles. The van der Waals surface area contributed by atoms with Crippen LogP contribution in [0.3, 0.4) is 0 Å². The highest BCUT2D eigenvalue weighted by Crippen LogP contribution is 2.59. The summed E-state index contributed by atoms with van der Waals surface area (Å²) >= 11 is 0. The fourth-order valence-corrected chi connectivity index (χ4v) is 11.5. The molecule has 2 nitrogen and oxygen atoms in total. The number of nitrogens with zero attached hydrogens (tertiary/aromatic N) is 2. The van der Waals surface area contributed by atoms with Crippen molar-refractivity contribution >= 4 is 55.7 Å². The zero-order valence-electron chi connectivity index (χ0n) is 41.4. The third kappa shape index (κ3) is 9.17. The van der Waals surface area contributed by atoms with Crippen LogP contribution in [-0.2, 0) is 11.8 Å². The van der Waals surface area contributed by atoms with Gasteiger partial charge < -0.3 is 9.80 Å². The lowest BCUT2D eigenvalue weighted by Gasteiger charge is -2.39. The Morgan fingerprint density at radius 1 is 0.433 bits per heavy atom. The molecule has 1 aliphatic carbocycles. The monoisotopic (exact) mass is 881 g/mol. The molecule has 0 amide bonds. The van der Waals surface area contributed by atoms with Gasteiger partial charge in [-0.1, -0.05) is 200 Å². The number of unbranched alkanes of at least 4 members (excludes halogenated alkanes) is 2. The quantitative estimate of drug-likeness (QED) is 0.0798. The molecule has 2 atom stereocenters. The number of rotatable bonds is 19. The second kappa shape index (κ2) is 20.4. The Kier molecular flexibility index (Phi) is 14.0. The molecular formula is C65H72N2. The lowest BCUT2D eigenvalue weighted by Crippen LogP contribution is -2.32. The normalized spacial score (nSPS) is 15.1. The average molecular weight is 881 g/mol. The molecule has 0 heterocycles. The minimum Gasteiger partial charge on any atom is -0.310 e. The van der Waals surface area contributed by atoms with Crippen LogP contribution in [0, 0.1) is 25.7 Å². The Balaban J connectivity index is 1.31. The van der Waals surface area contributed by atoms with Gasteiger partial charge >= 0.3 is 0 Å². The Morgan fingerprint density at radius 2 is 0.896 bits per heavy atom. The SMILES string of the molecule is CCCCC(CC)CC1(CC(CC)CCCC)c2cc(N(c3ccc(C)cc3)c3cccc4ccccc34)ccc2-c2ccc(N(c3ccc(C)cc3)c3cccc4cc(CC)ccc34)cc21. The molecule has 0 saturated heterocycles. The van der Waals surface area contributed by atoms with Crippen molar-refractivity contribution in [1.82, 2.24) is 0 Å². The summed E-state index contributed by atoms with van der Waals surface area (Å²) in [5.41, 5.74) is 16.8. The summed E-state index contributed by atoms with van der Waals surface area (Å²) in [7, 11) is 0. The lowest BCUT2D eigenvalue weighted by atomic mass is 9.65. The lowest BCUT2D eigenvalue weighted by molar-refractivity contribution is 0.266. The van der Waals surface area contributed by atoms with Gasteiger partial charge in [0.25, 0.3) is 0 Å². The van der Waals surface area contributed by atoms with Crippen LogP contribution < -0.4 is 9.80 Å². The molecule has 0 fully saturated rings. The van der Waals surface area contributed by atoms with E-state index in [2.05, 4.69) is 222 Å². The molecular weight excluding hydrogens is 809 g/mol. The summed E-state index contributed by atoms with van der Waals surface area (Å²) in [5.74, 6) is 1.22. The first-order valence-corrected chi connectivity index (χ1v) is 25.8. The van der Waals surface area contributed by atoms with Crippen molar-refractivity contribution < 1.29 is 0 Å². The summed E-state index contributed by atoms with van der Waals surface area (Å²) in [6.45, 7) is 16.3. The molecule has 0 saturated carbocycles. The standard InChI is InChI=1S/C65H72N2/c1-8-13-19-49(11-4)44-65(45-50(12-5)20-14-9-2)61-42-55(66(53-32-27-46(6)28-33-53)63-25-17-22-51-21-15-16-24-57(51)63)36-39-59(61)60-40-37-56(43-62(60)65)67(54-34-29-47(7)30-35-54)64-26-18-23-52-41-48(10-3)31-38-58(52)64/h15-18,21-43,49-50H,8-14,19-20,44-45H2,1-7H3. The minimum absolute atomic E-state index is 0.176. The van der Waals surface area contributed by atoms with Crippen LogP contribution in [0.1, 0.15) is 127 Å². The van der Waals surface area contributed by atoms with Gasteiger partial charge in [-0.05, 0) is 144 Å². The number of hydrogen-bond acceptors (Lipinski definition) is 2. The van der Waals surface area contributed by atoms with Gasteiger partial charge in [-0.2, -0.15) is 0 Å². The molecule has 0 spiro atoms. The van der Waals surface area contributed by atoms with Crippen molar-refractivity contribution in [3.05, 3.63) is 192 Å². The highest BCUT2D eigenvalue weighted by molar-refractivity contribution is 6.01. The van der Waals surface area contributed by atoms with Crippen LogP contribution in [0.4, 0.5) is 34.1 Å². The number of hydrogen-bond donors (Lipinski definition) is 0. The maximum atomic E-state index is 2.65. The first-order valence-electron chi connectivity index (χ1n) is 25.8. The topological polar surface area (TPSA) is 6.48 Å². The van der Waals surface area contributed by atoms with E-state index in [0.29, 0.717) is 11.8 Å². The first kappa shape index (κ1) is 46.0. The predicted molar refractivity (Wildman–Crippen MR) is 292 cm³/mol. The molecule has 0 N–H and O–H groups in total. The second-order valence-corrected chi connectivity index (χ2v) is 19.8. The van der Waals surface area contributed by atoms with E-state index in [1.807, 2.05) is 0 Å². The molecule has 67 heavy (non-hydrogen) atoms. The van der Waals surface area contributed by atoms with E-state index in [1.165, 1.54) is 146 Å². The van der Waals surface area contributed by atoms with Gasteiger partial charge in [-0.15, -0.1) is 0 Å². The van der Waals surface area contributed by atoms with E-state index in [1.54, 1.807) is 0 Å². The van der Waals surface area contributed by atoms with Gasteiger partial charge in [0, 0.05) is 38.9 Å². The van der Waals surface area contributed by atoms with Crippen LogP contribution >= 0.6 is 0 Å². The number of benzene rings is 8. The van der Waals surface area contributed by atoms with Crippen molar-refractivity contribution in [2.45, 2.75) is 125 Å². The fourth-order valence-electron chi connectivity index (χ4n) is 11.5. The van der Waals surface area contributed by atoms with Crippen molar-refractivity contribution in [3.63, 3.8) is 0 Å². The molecule has 342 valence electrons. The molecule has 0 bridgehead atoms. The maximum Gasteiger partial charge on any atom is 0.0540 e. The molecule has 2 heteroatoms. The predicted octanol–water partition coefficient (Wildman–Crippen LogP) is 19.6. The van der Waals surface area contributed by atoms with Crippen molar-refractivity contribution in [2.75, 3.05) is 9.80 Å². The van der Waals surface area contributed by atoms with Crippen molar-refractivity contribution in [2.24, 2.45) is 11.8 Å². The van der Waals surface area contributed by atoms with Gasteiger partial charge in [-0.3, -0.25) is 0 Å². The Hall–Kier alpha value is -6.12. The highest BCUT2D eigenvalue weighted by atomic mass is 15.1. The Labute approximate surface area is 402 Å². The van der Waals surface area contributed by atoms with Crippen molar-refractivity contribution in [1.29, 1.82) is 0 Å². The summed E-state index contributed by atoms with van der Waals surface area (Å²) in [6.07, 6.45) is 13.2. The van der Waals surface area contributed by atoms with E-state index in [4.69, 9.17) is 0 Å². The smallest absolute Gasteiger partial charge is 0.0540 e. The largest absolute Gasteiger partial charge is 0.310 e. The van der Waals surface area contributed by atoms with Crippen LogP contribution in [0.25, 0.3) is 32.7 Å². The van der Waals surface area contributed by atoms with E-state index in [-0.39, 0.29) is 5.41 Å². The van der Waals surface area contributed by atoms with Gasteiger partial charge in [0.15, 0.2) is 0 Å². The molecule has 8 aromatic rings. The highest BCUT2D eigenvalue weighted by Gasteiger charge is 2.46. The van der Waals surface area contributed by atoms with E-state index in [9.17, 15) is 0 Å². The van der Waals surface area contributed by atoms with Crippen LogP contribution in [0.5, 0.6) is 0 Å². The molecule has 2 unspecified atom stereocenters. The van der Waals surface area contributed by atoms with Gasteiger partial charge in [0.1, 0.15) is 0 Å². The average Bonchev–Trinajstić information content (AvgIpc) is 3.62. The van der Waals surface area contributed by atoms with Gasteiger partial charge in [0.05, 0.1) is 11.4 Å². The second-order valence-electron chi connectivity index (χ2n) is 19.8. The third-order valence-electron chi connectivity index (χ3n) is 15.4. The van der Waals surface area contributed by atoms with E-state index >= 15 is 0 Å². The molecule has 9 rings (SSSR count). The van der Waals surface area contributed by atoms with E-state index < -0.39 is 0 Å². The Bertz CT molecular complexity index is 2920. The summed E-state index contributed by atoms with van der Waals surface area (Å²) in [6, 6.07) is 63.0. The van der Waals surface area contributed by atoms with Gasteiger partial charge in [-0.25, -0.2) is 0 Å². The molecule has 1 aliphatic rings. The Morgan fingerprint density at radius 3 is 1.39 bits per heavy atom. The zero-order valence-corrected chi connectivity index (χ0v) is 41.4. The summed E-state index contributed by atoms with van der Waals surface area (Å²) in [5, 5.41) is 5.08. The zero-order chi connectivity index (χ0) is 46.5. The first-order chi connectivity index (χ1) is 32.8. The number of aryl methyl sites for hydroxylation is 3. The van der Waals surface area contributed by atoms with Crippen LogP contribution in [0.15, 0.2) is 164 Å². The van der Waals surface area contributed by atoms with Crippen molar-refractivity contribution in [3.8, 4) is 11.1 Å². The number of fused-ring (bicyclic) bond motifs is 5. The van der Waals surface area contributed by atoms with Gasteiger partial charge in [0.2, 0.25) is 0 Å². The minimum atomic E-state index is -0.176. The fraction of sp³-hybridized carbons (Fsp3) is 0.323. The maximum absolute atomic E-state index is 2.65. The van der Waals surface area contributed by atoms with E-state index in [0.717, 1.165) is 19.3 Å². The molecule has 8 aromatic carbocycles.